The van der Waals surface area contributed by atoms with Gasteiger partial charge in [0.15, 0.2) is 5.78 Å². The molecule has 0 saturated heterocycles. The first-order valence-corrected chi connectivity index (χ1v) is 4.81. The van der Waals surface area contributed by atoms with Crippen LogP contribution in [0.3, 0.4) is 0 Å². The molecule has 0 fully saturated rings. The predicted octanol–water partition coefficient (Wildman–Crippen LogP) is 2.60. The van der Waals surface area contributed by atoms with Gasteiger partial charge in [-0.2, -0.15) is 0 Å². The van der Waals surface area contributed by atoms with Gasteiger partial charge in [-0.1, -0.05) is 26.8 Å². The van der Waals surface area contributed by atoms with Gasteiger partial charge in [-0.15, -0.1) is 0 Å². The summed E-state index contributed by atoms with van der Waals surface area (Å²) in [5, 5.41) is 19.4. The molecule has 0 aliphatic heterocycles. The molecule has 0 amide bonds. The van der Waals surface area contributed by atoms with Gasteiger partial charge in [-0.05, 0) is 18.4 Å². The maximum atomic E-state index is 11.2. The minimum absolute atomic E-state index is 0.00225. The highest BCUT2D eigenvalue weighted by molar-refractivity contribution is 5.99. The predicted molar refractivity (Wildman–Crippen MR) is 58.5 cm³/mol. The summed E-state index contributed by atoms with van der Waals surface area (Å²) in [6.07, 6.45) is 0. The molecule has 0 aliphatic rings. The van der Waals surface area contributed by atoms with Crippen molar-refractivity contribution in [2.24, 2.45) is 0 Å². The molecular weight excluding hydrogens is 192 g/mol. The SMILES string of the molecule is CC(=O)c1c(O)ccc(C(C)(C)C)c1O. The Morgan fingerprint density at radius 2 is 1.73 bits per heavy atom. The van der Waals surface area contributed by atoms with Crippen LogP contribution in [0.5, 0.6) is 11.5 Å². The Morgan fingerprint density at radius 3 is 2.13 bits per heavy atom. The van der Waals surface area contributed by atoms with E-state index in [9.17, 15) is 15.0 Å². The second kappa shape index (κ2) is 3.57. The van der Waals surface area contributed by atoms with Crippen molar-refractivity contribution in [3.63, 3.8) is 0 Å². The second-order valence-electron chi connectivity index (χ2n) is 4.66. The number of hydrogen-bond donors (Lipinski definition) is 2. The smallest absolute Gasteiger partial charge is 0.167 e. The van der Waals surface area contributed by atoms with Crippen LogP contribution in [0.15, 0.2) is 12.1 Å². The lowest BCUT2D eigenvalue weighted by molar-refractivity contribution is 0.101. The van der Waals surface area contributed by atoms with Crippen LogP contribution >= 0.6 is 0 Å². The van der Waals surface area contributed by atoms with Crippen LogP contribution in [0.2, 0.25) is 0 Å². The Balaban J connectivity index is 3.49. The van der Waals surface area contributed by atoms with E-state index in [1.807, 2.05) is 20.8 Å². The van der Waals surface area contributed by atoms with E-state index in [2.05, 4.69) is 0 Å². The van der Waals surface area contributed by atoms with Gasteiger partial charge in [0.05, 0.1) is 0 Å². The molecule has 0 heterocycles. The van der Waals surface area contributed by atoms with Crippen molar-refractivity contribution in [1.29, 1.82) is 0 Å². The van der Waals surface area contributed by atoms with Crippen LogP contribution in [0.25, 0.3) is 0 Å². The number of Topliss-reactive ketones (excluding diaryl/α,β-unsaturated/α-hetero) is 1. The number of ketones is 1. The van der Waals surface area contributed by atoms with Gasteiger partial charge in [0.2, 0.25) is 0 Å². The number of phenols is 2. The third kappa shape index (κ3) is 2.12. The molecule has 0 bridgehead atoms. The van der Waals surface area contributed by atoms with Crippen molar-refractivity contribution in [3.05, 3.63) is 23.3 Å². The quantitative estimate of drug-likeness (QED) is 0.697. The van der Waals surface area contributed by atoms with Crippen LogP contribution in [0.1, 0.15) is 43.6 Å². The van der Waals surface area contributed by atoms with Gasteiger partial charge < -0.3 is 10.2 Å². The highest BCUT2D eigenvalue weighted by atomic mass is 16.3. The maximum absolute atomic E-state index is 11.2. The van der Waals surface area contributed by atoms with Crippen molar-refractivity contribution in [2.75, 3.05) is 0 Å². The average Bonchev–Trinajstić information content (AvgIpc) is 2.00. The van der Waals surface area contributed by atoms with Crippen LogP contribution in [-0.2, 0) is 5.41 Å². The molecule has 0 saturated carbocycles. The Kier molecular flexibility index (Phi) is 2.75. The van der Waals surface area contributed by atoms with Crippen molar-refractivity contribution in [1.82, 2.24) is 0 Å². The highest BCUT2D eigenvalue weighted by Gasteiger charge is 2.23. The number of hydrogen-bond acceptors (Lipinski definition) is 3. The third-order valence-corrected chi connectivity index (χ3v) is 2.32. The normalized spacial score (nSPS) is 11.5. The first-order chi connectivity index (χ1) is 6.75. The molecular formula is C12H16O3. The van der Waals surface area contributed by atoms with E-state index in [-0.39, 0.29) is 28.3 Å². The number of aromatic hydroxyl groups is 2. The molecule has 0 aromatic heterocycles. The number of benzene rings is 1. The molecule has 15 heavy (non-hydrogen) atoms. The fourth-order valence-electron chi connectivity index (χ4n) is 1.53. The summed E-state index contributed by atoms with van der Waals surface area (Å²) in [4.78, 5) is 11.2. The van der Waals surface area contributed by atoms with Gasteiger partial charge in [-0.3, -0.25) is 4.79 Å². The van der Waals surface area contributed by atoms with E-state index in [4.69, 9.17) is 0 Å². The minimum Gasteiger partial charge on any atom is -0.507 e. The molecule has 1 rings (SSSR count). The molecule has 82 valence electrons. The van der Waals surface area contributed by atoms with Crippen molar-refractivity contribution in [3.8, 4) is 11.5 Å². The van der Waals surface area contributed by atoms with Gasteiger partial charge >= 0.3 is 0 Å². The van der Waals surface area contributed by atoms with Crippen LogP contribution < -0.4 is 0 Å². The molecule has 3 nitrogen and oxygen atoms in total. The van der Waals surface area contributed by atoms with Gasteiger partial charge in [0.25, 0.3) is 0 Å². The molecule has 3 heteroatoms. The van der Waals surface area contributed by atoms with Crippen LogP contribution in [0.4, 0.5) is 0 Å². The lowest BCUT2D eigenvalue weighted by atomic mass is 9.84. The number of carbonyl (C=O) groups excluding carboxylic acids is 1. The summed E-state index contributed by atoms with van der Waals surface area (Å²) in [6, 6.07) is 3.08. The molecule has 2 N–H and O–H groups in total. The second-order valence-corrected chi connectivity index (χ2v) is 4.66. The first-order valence-electron chi connectivity index (χ1n) is 4.81. The van der Waals surface area contributed by atoms with E-state index in [1.165, 1.54) is 13.0 Å². The average molecular weight is 208 g/mol. The zero-order valence-corrected chi connectivity index (χ0v) is 9.46. The molecule has 1 aromatic rings. The zero-order valence-electron chi connectivity index (χ0n) is 9.46. The van der Waals surface area contributed by atoms with Crippen molar-refractivity contribution >= 4 is 5.78 Å². The number of rotatable bonds is 1. The fourth-order valence-corrected chi connectivity index (χ4v) is 1.53. The fraction of sp³-hybridized carbons (Fsp3) is 0.417. The van der Waals surface area contributed by atoms with Crippen LogP contribution in [-0.4, -0.2) is 16.0 Å². The van der Waals surface area contributed by atoms with E-state index in [0.29, 0.717) is 5.56 Å². The standard InChI is InChI=1S/C12H16O3/c1-7(13)10-9(14)6-5-8(11(10)15)12(2,3)4/h5-6,14-15H,1-4H3. The molecule has 0 aliphatic carbocycles. The lowest BCUT2D eigenvalue weighted by Crippen LogP contribution is -2.12. The highest BCUT2D eigenvalue weighted by Crippen LogP contribution is 2.37. The molecule has 0 spiro atoms. The largest absolute Gasteiger partial charge is 0.507 e. The molecule has 0 unspecified atom stereocenters. The molecule has 0 atom stereocenters. The Bertz CT molecular complexity index is 400. The van der Waals surface area contributed by atoms with Crippen molar-refractivity contribution in [2.45, 2.75) is 33.1 Å². The topological polar surface area (TPSA) is 57.5 Å². The Hall–Kier alpha value is -1.51. The minimum atomic E-state index is -0.337. The first kappa shape index (κ1) is 11.6. The maximum Gasteiger partial charge on any atom is 0.167 e. The number of carbonyl (C=O) groups is 1. The molecule has 1 aromatic carbocycles. The Labute approximate surface area is 89.4 Å². The Morgan fingerprint density at radius 1 is 1.20 bits per heavy atom. The summed E-state index contributed by atoms with van der Waals surface area (Å²) < 4.78 is 0. The van der Waals surface area contributed by atoms with Gasteiger partial charge in [0.1, 0.15) is 17.1 Å². The van der Waals surface area contributed by atoms with E-state index in [1.54, 1.807) is 6.07 Å². The van der Waals surface area contributed by atoms with E-state index in [0.717, 1.165) is 0 Å². The lowest BCUT2D eigenvalue weighted by Gasteiger charge is -2.21. The summed E-state index contributed by atoms with van der Waals surface area (Å²) in [7, 11) is 0. The number of phenolic OH excluding ortho intramolecular Hbond substituents is 2. The summed E-state index contributed by atoms with van der Waals surface area (Å²) in [5.41, 5.74) is 0.398. The molecule has 0 radical (unpaired) electrons. The third-order valence-electron chi connectivity index (χ3n) is 2.32. The summed E-state index contributed by atoms with van der Waals surface area (Å²) in [5.74, 6) is -0.626. The summed E-state index contributed by atoms with van der Waals surface area (Å²) in [6.45, 7) is 7.12. The van der Waals surface area contributed by atoms with E-state index < -0.39 is 0 Å². The van der Waals surface area contributed by atoms with Crippen LogP contribution in [0, 0.1) is 0 Å². The van der Waals surface area contributed by atoms with E-state index >= 15 is 0 Å². The van der Waals surface area contributed by atoms with Gasteiger partial charge in [0, 0.05) is 5.56 Å². The monoisotopic (exact) mass is 208 g/mol. The summed E-state index contributed by atoms with van der Waals surface area (Å²) >= 11 is 0. The zero-order chi connectivity index (χ0) is 11.8. The van der Waals surface area contributed by atoms with Crippen molar-refractivity contribution < 1.29 is 15.0 Å². The van der Waals surface area contributed by atoms with Gasteiger partial charge in [-0.25, -0.2) is 0 Å².